The predicted octanol–water partition coefficient (Wildman–Crippen LogP) is 2.57. The largest absolute Gasteiger partial charge is 0.394 e. The van der Waals surface area contributed by atoms with Crippen molar-refractivity contribution in [1.29, 1.82) is 5.41 Å². The number of carbonyl (C=O) groups excluding carboxylic acids is 1. The van der Waals surface area contributed by atoms with Gasteiger partial charge in [-0.25, -0.2) is 9.97 Å². The van der Waals surface area contributed by atoms with Crippen molar-refractivity contribution in [3.05, 3.63) is 52.4 Å². The van der Waals surface area contributed by atoms with Crippen LogP contribution in [0.25, 0.3) is 11.2 Å². The zero-order chi connectivity index (χ0) is 20.5. The van der Waals surface area contributed by atoms with Gasteiger partial charge in [-0.15, -0.1) is 0 Å². The number of benzene rings is 1. The minimum absolute atomic E-state index is 0.152. The summed E-state index contributed by atoms with van der Waals surface area (Å²) in [4.78, 5) is 24.3. The van der Waals surface area contributed by atoms with Gasteiger partial charge in [0.2, 0.25) is 0 Å². The Hall–Kier alpha value is -2.97. The van der Waals surface area contributed by atoms with Crippen LogP contribution in [0.2, 0.25) is 5.02 Å². The molecule has 3 rings (SSSR count). The lowest BCUT2D eigenvalue weighted by Crippen LogP contribution is -2.46. The molecule has 146 valence electrons. The van der Waals surface area contributed by atoms with Crippen LogP contribution in [0.4, 0.5) is 5.69 Å². The Labute approximate surface area is 166 Å². The topological polar surface area (TPSA) is 127 Å². The molecule has 8 nitrogen and oxygen atoms in total. The Kier molecular flexibility index (Phi) is 5.35. The molecule has 0 saturated heterocycles. The lowest BCUT2D eigenvalue weighted by Gasteiger charge is -2.23. The third-order valence-corrected chi connectivity index (χ3v) is 4.48. The minimum atomic E-state index is -0.774. The lowest BCUT2D eigenvalue weighted by atomic mass is 10.1. The zero-order valence-electron chi connectivity index (χ0n) is 15.7. The summed E-state index contributed by atoms with van der Waals surface area (Å²) in [6.45, 7) is 3.23. The van der Waals surface area contributed by atoms with Gasteiger partial charge in [-0.2, -0.15) is 0 Å². The summed E-state index contributed by atoms with van der Waals surface area (Å²) in [6.07, 6.45) is 3.00. The standard InChI is InChI=1S/C19H21ClN6O2/c1-19(2,9-27)26-18(28)12-7-23-17-16(12)25-14(8-24-17)15(21)11-5-4-10(20)6-13(11)22-3/h4-8,21-22,27H,9H2,1-3H3,(H,23,24)(H,26,28). The van der Waals surface area contributed by atoms with Crippen LogP contribution >= 0.6 is 11.6 Å². The van der Waals surface area contributed by atoms with E-state index in [2.05, 4.69) is 25.6 Å². The first-order valence-electron chi connectivity index (χ1n) is 8.60. The molecule has 0 bridgehead atoms. The van der Waals surface area contributed by atoms with Gasteiger partial charge < -0.3 is 20.7 Å². The molecule has 0 spiro atoms. The molecule has 0 saturated carbocycles. The van der Waals surface area contributed by atoms with Crippen molar-refractivity contribution in [3.8, 4) is 0 Å². The number of nitrogens with one attached hydrogen (secondary N) is 4. The smallest absolute Gasteiger partial charge is 0.255 e. The monoisotopic (exact) mass is 400 g/mol. The van der Waals surface area contributed by atoms with E-state index in [4.69, 9.17) is 17.0 Å². The number of fused-ring (bicyclic) bond motifs is 1. The SMILES string of the molecule is CNc1cc(Cl)ccc1C(=N)c1cnc2[nH]cc(C(=O)NC(C)(C)CO)c2n1. The number of hydrogen-bond donors (Lipinski definition) is 5. The van der Waals surface area contributed by atoms with Gasteiger partial charge in [0.15, 0.2) is 5.65 Å². The van der Waals surface area contributed by atoms with E-state index >= 15 is 0 Å². The van der Waals surface area contributed by atoms with Crippen LogP contribution in [0, 0.1) is 5.41 Å². The van der Waals surface area contributed by atoms with Gasteiger partial charge in [-0.1, -0.05) is 11.6 Å². The van der Waals surface area contributed by atoms with Crippen LogP contribution in [0.5, 0.6) is 0 Å². The average Bonchev–Trinajstić information content (AvgIpc) is 3.10. The van der Waals surface area contributed by atoms with E-state index in [1.165, 1.54) is 12.4 Å². The number of nitrogens with zero attached hydrogens (tertiary/aromatic N) is 2. The maximum Gasteiger partial charge on any atom is 0.255 e. The van der Waals surface area contributed by atoms with Gasteiger partial charge in [0.1, 0.15) is 11.2 Å². The highest BCUT2D eigenvalue weighted by Gasteiger charge is 2.23. The Morgan fingerprint density at radius 1 is 1.36 bits per heavy atom. The molecule has 1 aromatic carbocycles. The average molecular weight is 401 g/mol. The fourth-order valence-corrected chi connectivity index (χ4v) is 2.85. The summed E-state index contributed by atoms with van der Waals surface area (Å²) in [5.74, 6) is -0.384. The Balaban J connectivity index is 2.01. The number of hydrogen-bond acceptors (Lipinski definition) is 6. The van der Waals surface area contributed by atoms with Crippen molar-refractivity contribution in [2.75, 3.05) is 19.0 Å². The summed E-state index contributed by atoms with van der Waals surface area (Å²) in [6, 6.07) is 5.16. The number of aliphatic hydroxyl groups excluding tert-OH is 1. The van der Waals surface area contributed by atoms with Crippen LogP contribution in [0.3, 0.4) is 0 Å². The van der Waals surface area contributed by atoms with Gasteiger partial charge >= 0.3 is 0 Å². The third kappa shape index (κ3) is 3.83. The normalized spacial score (nSPS) is 11.5. The maximum atomic E-state index is 12.6. The zero-order valence-corrected chi connectivity index (χ0v) is 16.5. The van der Waals surface area contributed by atoms with E-state index in [0.717, 1.165) is 0 Å². The maximum absolute atomic E-state index is 12.6. The van der Waals surface area contributed by atoms with Crippen molar-refractivity contribution in [3.63, 3.8) is 0 Å². The molecule has 5 N–H and O–H groups in total. The van der Waals surface area contributed by atoms with Gasteiger partial charge in [-0.05, 0) is 32.0 Å². The molecule has 9 heteroatoms. The minimum Gasteiger partial charge on any atom is -0.394 e. The van der Waals surface area contributed by atoms with Crippen LogP contribution in [-0.4, -0.2) is 50.9 Å². The van der Waals surface area contributed by atoms with E-state index in [1.54, 1.807) is 39.1 Å². The first-order chi connectivity index (χ1) is 13.3. The number of carbonyl (C=O) groups is 1. The Morgan fingerprint density at radius 2 is 2.11 bits per heavy atom. The summed E-state index contributed by atoms with van der Waals surface area (Å²) in [5.41, 5.74) is 2.09. The number of anilines is 1. The van der Waals surface area contributed by atoms with Crippen molar-refractivity contribution in [2.24, 2.45) is 0 Å². The molecule has 0 aliphatic heterocycles. The third-order valence-electron chi connectivity index (χ3n) is 4.25. The van der Waals surface area contributed by atoms with Crippen molar-refractivity contribution < 1.29 is 9.90 Å². The summed E-state index contributed by atoms with van der Waals surface area (Å²) in [7, 11) is 1.74. The molecule has 0 aliphatic rings. The first kappa shape index (κ1) is 19.8. The first-order valence-corrected chi connectivity index (χ1v) is 8.97. The van der Waals surface area contributed by atoms with Crippen molar-refractivity contribution >= 4 is 40.1 Å². The molecular formula is C19H21ClN6O2. The van der Waals surface area contributed by atoms with Gasteiger partial charge in [0, 0.05) is 29.5 Å². The molecule has 0 radical (unpaired) electrons. The molecule has 28 heavy (non-hydrogen) atoms. The number of H-pyrrole nitrogens is 1. The molecule has 0 fully saturated rings. The highest BCUT2D eigenvalue weighted by molar-refractivity contribution is 6.31. The molecule has 1 amide bonds. The summed E-state index contributed by atoms with van der Waals surface area (Å²) < 4.78 is 0. The van der Waals surface area contributed by atoms with Crippen molar-refractivity contribution in [2.45, 2.75) is 19.4 Å². The summed E-state index contributed by atoms with van der Waals surface area (Å²) >= 11 is 6.03. The number of aliphatic hydroxyl groups is 1. The molecule has 0 atom stereocenters. The molecular weight excluding hydrogens is 380 g/mol. The van der Waals surface area contributed by atoms with Crippen LogP contribution < -0.4 is 10.6 Å². The van der Waals surface area contributed by atoms with Gasteiger partial charge in [-0.3, -0.25) is 10.2 Å². The Morgan fingerprint density at radius 3 is 2.79 bits per heavy atom. The fourth-order valence-electron chi connectivity index (χ4n) is 2.68. The second-order valence-corrected chi connectivity index (χ2v) is 7.40. The van der Waals surface area contributed by atoms with E-state index in [1.807, 2.05) is 0 Å². The number of rotatable bonds is 6. The van der Waals surface area contributed by atoms with Crippen LogP contribution in [0.15, 0.2) is 30.6 Å². The predicted molar refractivity (Wildman–Crippen MR) is 109 cm³/mol. The number of aromatic amines is 1. The summed E-state index contributed by atoms with van der Waals surface area (Å²) in [5, 5.41) is 24.2. The lowest BCUT2D eigenvalue weighted by molar-refractivity contribution is 0.0871. The number of halogens is 1. The van der Waals surface area contributed by atoms with E-state index in [9.17, 15) is 9.90 Å². The highest BCUT2D eigenvalue weighted by atomic mass is 35.5. The van der Waals surface area contributed by atoms with E-state index in [-0.39, 0.29) is 18.2 Å². The quantitative estimate of drug-likeness (QED) is 0.406. The molecule has 2 aromatic heterocycles. The molecule has 0 aliphatic carbocycles. The van der Waals surface area contributed by atoms with Gasteiger partial charge in [0.25, 0.3) is 5.91 Å². The van der Waals surface area contributed by atoms with E-state index < -0.39 is 5.54 Å². The highest BCUT2D eigenvalue weighted by Crippen LogP contribution is 2.24. The van der Waals surface area contributed by atoms with E-state index in [0.29, 0.717) is 38.7 Å². The van der Waals surface area contributed by atoms with Crippen LogP contribution in [-0.2, 0) is 0 Å². The number of aromatic nitrogens is 3. The van der Waals surface area contributed by atoms with Crippen LogP contribution in [0.1, 0.15) is 35.5 Å². The second kappa shape index (κ2) is 7.57. The van der Waals surface area contributed by atoms with Crippen molar-refractivity contribution in [1.82, 2.24) is 20.3 Å². The second-order valence-electron chi connectivity index (χ2n) is 6.97. The molecule has 3 aromatic rings. The number of amides is 1. The molecule has 0 unspecified atom stereocenters. The fraction of sp³-hybridized carbons (Fsp3) is 0.263. The Bertz CT molecular complexity index is 1060. The molecule has 2 heterocycles. The van der Waals surface area contributed by atoms with Gasteiger partial charge in [0.05, 0.1) is 29.6 Å².